The molecule has 0 saturated carbocycles. The van der Waals surface area contributed by atoms with E-state index in [-0.39, 0.29) is 0 Å². The number of rotatable bonds is 3. The van der Waals surface area contributed by atoms with Gasteiger partial charge in [0.2, 0.25) is 0 Å². The zero-order chi connectivity index (χ0) is 8.97. The van der Waals surface area contributed by atoms with E-state index in [2.05, 4.69) is 18.7 Å². The summed E-state index contributed by atoms with van der Waals surface area (Å²) in [4.78, 5) is 2.39. The van der Waals surface area contributed by atoms with Gasteiger partial charge in [-0.3, -0.25) is 4.90 Å². The fourth-order valence-corrected chi connectivity index (χ4v) is 1.49. The Morgan fingerprint density at radius 2 is 2.42 bits per heavy atom. The van der Waals surface area contributed by atoms with Gasteiger partial charge in [-0.2, -0.15) is 0 Å². The molecule has 1 aliphatic rings. The van der Waals surface area contributed by atoms with E-state index in [1.807, 2.05) is 0 Å². The summed E-state index contributed by atoms with van der Waals surface area (Å²) in [5, 5.41) is 0. The average Bonchev–Trinajstić information content (AvgIpc) is 2.04. The molecule has 1 saturated heterocycles. The van der Waals surface area contributed by atoms with Gasteiger partial charge >= 0.3 is 0 Å². The highest BCUT2D eigenvalue weighted by Crippen LogP contribution is 2.05. The summed E-state index contributed by atoms with van der Waals surface area (Å²) in [6.45, 7) is 8.16. The normalized spacial score (nSPS) is 28.8. The third-order valence-corrected chi connectivity index (χ3v) is 2.24. The van der Waals surface area contributed by atoms with Gasteiger partial charge < -0.3 is 9.47 Å². The second-order valence-corrected chi connectivity index (χ2v) is 3.49. The highest BCUT2D eigenvalue weighted by atomic mass is 16.5. The molecule has 1 rings (SSSR count). The molecule has 0 bridgehead atoms. The molecule has 0 radical (unpaired) electrons. The molecule has 0 spiro atoms. The van der Waals surface area contributed by atoms with Crippen LogP contribution in [0.1, 0.15) is 13.8 Å². The molecule has 1 fully saturated rings. The molecule has 72 valence electrons. The lowest BCUT2D eigenvalue weighted by Crippen LogP contribution is -2.44. The summed E-state index contributed by atoms with van der Waals surface area (Å²) in [5.74, 6) is 0. The average molecular weight is 173 g/mol. The maximum Gasteiger partial charge on any atom is 0.0674 e. The summed E-state index contributed by atoms with van der Waals surface area (Å²) in [7, 11) is 1.76. The predicted octanol–water partition coefficient (Wildman–Crippen LogP) is 0.742. The summed E-state index contributed by atoms with van der Waals surface area (Å²) >= 11 is 0. The summed E-state index contributed by atoms with van der Waals surface area (Å²) in [6.07, 6.45) is 0.707. The van der Waals surface area contributed by atoms with Crippen LogP contribution in [0, 0.1) is 0 Å². The van der Waals surface area contributed by atoms with Crippen LogP contribution in [-0.2, 0) is 9.47 Å². The number of ether oxygens (including phenoxy) is 2. The quantitative estimate of drug-likeness (QED) is 0.628. The summed E-state index contributed by atoms with van der Waals surface area (Å²) in [5.41, 5.74) is 0. The first kappa shape index (κ1) is 9.96. The number of hydrogen-bond acceptors (Lipinski definition) is 3. The Balaban J connectivity index is 2.22. The lowest BCUT2D eigenvalue weighted by molar-refractivity contribution is -0.0344. The maximum atomic E-state index is 5.44. The standard InChI is InChI=1S/C9H19NO2/c1-8(11-3)6-10-4-5-12-9(2)7-10/h8-9H,4-7H2,1-3H3/t8?,9-/m1/s1. The Hall–Kier alpha value is -0.120. The van der Waals surface area contributed by atoms with Crippen molar-refractivity contribution < 1.29 is 9.47 Å². The number of methoxy groups -OCH3 is 1. The van der Waals surface area contributed by atoms with Crippen molar-refractivity contribution in [1.29, 1.82) is 0 Å². The van der Waals surface area contributed by atoms with Gasteiger partial charge in [-0.25, -0.2) is 0 Å². The molecular weight excluding hydrogens is 154 g/mol. The van der Waals surface area contributed by atoms with Crippen LogP contribution >= 0.6 is 0 Å². The largest absolute Gasteiger partial charge is 0.380 e. The topological polar surface area (TPSA) is 21.7 Å². The zero-order valence-electron chi connectivity index (χ0n) is 8.25. The fourth-order valence-electron chi connectivity index (χ4n) is 1.49. The predicted molar refractivity (Wildman–Crippen MR) is 48.3 cm³/mol. The van der Waals surface area contributed by atoms with Crippen molar-refractivity contribution in [2.45, 2.75) is 26.1 Å². The Bertz CT molecular complexity index is 130. The van der Waals surface area contributed by atoms with Crippen molar-refractivity contribution in [3.05, 3.63) is 0 Å². The minimum absolute atomic E-state index is 0.329. The molecule has 3 heteroatoms. The molecule has 1 aliphatic heterocycles. The van der Waals surface area contributed by atoms with Crippen LogP contribution in [0.2, 0.25) is 0 Å². The van der Waals surface area contributed by atoms with E-state index in [1.165, 1.54) is 0 Å². The maximum absolute atomic E-state index is 5.44. The highest BCUT2D eigenvalue weighted by molar-refractivity contribution is 4.69. The summed E-state index contributed by atoms with van der Waals surface area (Å²) in [6, 6.07) is 0. The van der Waals surface area contributed by atoms with E-state index in [4.69, 9.17) is 9.47 Å². The van der Waals surface area contributed by atoms with E-state index in [9.17, 15) is 0 Å². The van der Waals surface area contributed by atoms with Gasteiger partial charge in [-0.1, -0.05) is 0 Å². The Kier molecular flexibility index (Phi) is 3.98. The minimum atomic E-state index is 0.329. The van der Waals surface area contributed by atoms with Crippen LogP contribution in [0.4, 0.5) is 0 Å². The third kappa shape index (κ3) is 3.09. The fraction of sp³-hybridized carbons (Fsp3) is 1.00. The summed E-state index contributed by atoms with van der Waals surface area (Å²) < 4.78 is 10.6. The van der Waals surface area contributed by atoms with Crippen molar-refractivity contribution in [3.8, 4) is 0 Å². The van der Waals surface area contributed by atoms with Crippen LogP contribution < -0.4 is 0 Å². The van der Waals surface area contributed by atoms with E-state index >= 15 is 0 Å². The minimum Gasteiger partial charge on any atom is -0.380 e. The second-order valence-electron chi connectivity index (χ2n) is 3.49. The smallest absolute Gasteiger partial charge is 0.0674 e. The molecule has 12 heavy (non-hydrogen) atoms. The van der Waals surface area contributed by atoms with Gasteiger partial charge in [0.15, 0.2) is 0 Å². The first-order chi connectivity index (χ1) is 5.72. The molecule has 0 aromatic rings. The van der Waals surface area contributed by atoms with E-state index in [1.54, 1.807) is 7.11 Å². The molecule has 0 N–H and O–H groups in total. The van der Waals surface area contributed by atoms with Crippen molar-refractivity contribution in [2.75, 3.05) is 33.4 Å². The highest BCUT2D eigenvalue weighted by Gasteiger charge is 2.17. The van der Waals surface area contributed by atoms with Crippen molar-refractivity contribution >= 4 is 0 Å². The molecule has 3 nitrogen and oxygen atoms in total. The molecule has 1 unspecified atom stereocenters. The van der Waals surface area contributed by atoms with Crippen LogP contribution in [-0.4, -0.2) is 50.5 Å². The van der Waals surface area contributed by atoms with Crippen molar-refractivity contribution in [3.63, 3.8) is 0 Å². The molecule has 0 aromatic heterocycles. The van der Waals surface area contributed by atoms with E-state index < -0.39 is 0 Å². The van der Waals surface area contributed by atoms with Crippen LogP contribution in [0.15, 0.2) is 0 Å². The third-order valence-electron chi connectivity index (χ3n) is 2.24. The van der Waals surface area contributed by atoms with Gasteiger partial charge in [-0.15, -0.1) is 0 Å². The lowest BCUT2D eigenvalue weighted by atomic mass is 10.2. The van der Waals surface area contributed by atoms with Crippen LogP contribution in [0.3, 0.4) is 0 Å². The molecule has 0 aromatic carbocycles. The molecule has 0 amide bonds. The van der Waals surface area contributed by atoms with Crippen molar-refractivity contribution in [1.82, 2.24) is 4.90 Å². The zero-order valence-corrected chi connectivity index (χ0v) is 8.25. The Morgan fingerprint density at radius 1 is 1.67 bits per heavy atom. The van der Waals surface area contributed by atoms with Gasteiger partial charge in [0.05, 0.1) is 18.8 Å². The molecule has 2 atom stereocenters. The van der Waals surface area contributed by atoms with E-state index in [0.717, 1.165) is 26.2 Å². The number of nitrogens with zero attached hydrogens (tertiary/aromatic N) is 1. The van der Waals surface area contributed by atoms with Crippen molar-refractivity contribution in [2.24, 2.45) is 0 Å². The first-order valence-electron chi connectivity index (χ1n) is 4.59. The van der Waals surface area contributed by atoms with Gasteiger partial charge in [0, 0.05) is 26.7 Å². The van der Waals surface area contributed by atoms with Gasteiger partial charge in [-0.05, 0) is 13.8 Å². The molecule has 1 heterocycles. The first-order valence-corrected chi connectivity index (χ1v) is 4.59. The van der Waals surface area contributed by atoms with Gasteiger partial charge in [0.1, 0.15) is 0 Å². The van der Waals surface area contributed by atoms with Gasteiger partial charge in [0.25, 0.3) is 0 Å². The second kappa shape index (κ2) is 4.80. The lowest BCUT2D eigenvalue weighted by Gasteiger charge is -2.32. The molecular formula is C9H19NO2. The monoisotopic (exact) mass is 173 g/mol. The van der Waals surface area contributed by atoms with E-state index in [0.29, 0.717) is 12.2 Å². The Morgan fingerprint density at radius 3 is 3.00 bits per heavy atom. The Labute approximate surface area is 74.6 Å². The SMILES string of the molecule is COC(C)CN1CCO[C@H](C)C1. The molecule has 0 aliphatic carbocycles. The number of morpholine rings is 1. The number of hydrogen-bond donors (Lipinski definition) is 0. The van der Waals surface area contributed by atoms with Crippen LogP contribution in [0.5, 0.6) is 0 Å². The van der Waals surface area contributed by atoms with Crippen LogP contribution in [0.25, 0.3) is 0 Å².